The molecule has 3 N–H and O–H groups in total. The van der Waals surface area contributed by atoms with Gasteiger partial charge in [0, 0.05) is 22.9 Å². The molecule has 1 aromatic carbocycles. The zero-order valence-electron chi connectivity index (χ0n) is 11.8. The molecular weight excluding hydrogens is 292 g/mol. The molecule has 0 bridgehead atoms. The first-order valence-corrected chi connectivity index (χ1v) is 9.49. The van der Waals surface area contributed by atoms with Crippen molar-refractivity contribution in [2.45, 2.75) is 31.1 Å². The van der Waals surface area contributed by atoms with Gasteiger partial charge in [-0.3, -0.25) is 0 Å². The van der Waals surface area contributed by atoms with Crippen LogP contribution in [0.2, 0.25) is 0 Å². The number of sulfonamides is 1. The highest BCUT2D eigenvalue weighted by atomic mass is 32.2. The third kappa shape index (κ3) is 4.40. The Hall–Kier alpha value is -0.720. The summed E-state index contributed by atoms with van der Waals surface area (Å²) in [5.41, 5.74) is 6.70. The summed E-state index contributed by atoms with van der Waals surface area (Å²) in [6, 6.07) is 7.52. The quantitative estimate of drug-likeness (QED) is 0.599. The SMILES string of the molecule is CC1(CNS(=O)(=O)CCSc2ccccc2N)CCC1. The molecule has 0 atom stereocenters. The van der Waals surface area contributed by atoms with Gasteiger partial charge < -0.3 is 5.73 Å². The zero-order valence-corrected chi connectivity index (χ0v) is 13.4. The van der Waals surface area contributed by atoms with Crippen molar-refractivity contribution in [2.24, 2.45) is 5.41 Å². The van der Waals surface area contributed by atoms with Gasteiger partial charge in [0.05, 0.1) is 5.75 Å². The van der Waals surface area contributed by atoms with Crippen molar-refractivity contribution >= 4 is 27.5 Å². The summed E-state index contributed by atoms with van der Waals surface area (Å²) in [5, 5.41) is 0. The smallest absolute Gasteiger partial charge is 0.212 e. The maximum atomic E-state index is 11.9. The lowest BCUT2D eigenvalue weighted by Gasteiger charge is -2.38. The number of thioether (sulfide) groups is 1. The molecule has 20 heavy (non-hydrogen) atoms. The van der Waals surface area contributed by atoms with Gasteiger partial charge >= 0.3 is 0 Å². The number of para-hydroxylation sites is 1. The number of nitrogen functional groups attached to an aromatic ring is 1. The van der Waals surface area contributed by atoms with Gasteiger partial charge in [-0.25, -0.2) is 13.1 Å². The van der Waals surface area contributed by atoms with E-state index in [-0.39, 0.29) is 11.2 Å². The monoisotopic (exact) mass is 314 g/mol. The van der Waals surface area contributed by atoms with Gasteiger partial charge in [-0.2, -0.15) is 0 Å². The highest BCUT2D eigenvalue weighted by molar-refractivity contribution is 8.00. The van der Waals surface area contributed by atoms with Crippen LogP contribution in [-0.2, 0) is 10.0 Å². The fraction of sp³-hybridized carbons (Fsp3) is 0.571. The van der Waals surface area contributed by atoms with Gasteiger partial charge in [0.2, 0.25) is 10.0 Å². The van der Waals surface area contributed by atoms with E-state index in [1.54, 1.807) is 0 Å². The number of benzene rings is 1. The largest absolute Gasteiger partial charge is 0.398 e. The predicted octanol–water partition coefficient (Wildman–Crippen LogP) is 2.47. The molecule has 1 saturated carbocycles. The molecule has 0 aliphatic heterocycles. The summed E-state index contributed by atoms with van der Waals surface area (Å²) in [5.74, 6) is 0.641. The van der Waals surface area contributed by atoms with Gasteiger partial charge in [0.1, 0.15) is 0 Å². The second kappa shape index (κ2) is 6.37. The topological polar surface area (TPSA) is 72.2 Å². The van der Waals surface area contributed by atoms with E-state index in [2.05, 4.69) is 11.6 Å². The fourth-order valence-electron chi connectivity index (χ4n) is 2.19. The predicted molar refractivity (Wildman–Crippen MR) is 85.3 cm³/mol. The average molecular weight is 314 g/mol. The first-order chi connectivity index (χ1) is 9.40. The molecule has 1 fully saturated rings. The van der Waals surface area contributed by atoms with E-state index < -0.39 is 10.0 Å². The van der Waals surface area contributed by atoms with Crippen molar-refractivity contribution in [2.75, 3.05) is 23.8 Å². The molecular formula is C14H22N2O2S2. The summed E-state index contributed by atoms with van der Waals surface area (Å²) >= 11 is 1.48. The Morgan fingerprint density at radius 1 is 1.35 bits per heavy atom. The molecule has 0 saturated heterocycles. The van der Waals surface area contributed by atoms with Crippen molar-refractivity contribution < 1.29 is 8.42 Å². The molecule has 0 unspecified atom stereocenters. The summed E-state index contributed by atoms with van der Waals surface area (Å²) in [6.45, 7) is 2.70. The molecule has 0 amide bonds. The van der Waals surface area contributed by atoms with E-state index in [0.29, 0.717) is 18.0 Å². The minimum atomic E-state index is -3.19. The molecule has 0 radical (unpaired) electrons. The summed E-state index contributed by atoms with van der Waals surface area (Å²) in [6.07, 6.45) is 3.44. The van der Waals surface area contributed by atoms with Crippen LogP contribution in [0.4, 0.5) is 5.69 Å². The van der Waals surface area contributed by atoms with Crippen LogP contribution in [0.15, 0.2) is 29.2 Å². The molecule has 1 aliphatic carbocycles. The minimum Gasteiger partial charge on any atom is -0.398 e. The molecule has 1 aromatic rings. The lowest BCUT2D eigenvalue weighted by atomic mass is 9.71. The van der Waals surface area contributed by atoms with Crippen molar-refractivity contribution in [3.8, 4) is 0 Å². The Kier molecular flexibility index (Phi) is 4.99. The molecule has 0 heterocycles. The van der Waals surface area contributed by atoms with Crippen molar-refractivity contribution in [3.05, 3.63) is 24.3 Å². The summed E-state index contributed by atoms with van der Waals surface area (Å²) in [4.78, 5) is 0.939. The molecule has 0 spiro atoms. The molecule has 4 nitrogen and oxygen atoms in total. The number of hydrogen-bond acceptors (Lipinski definition) is 4. The third-order valence-corrected chi connectivity index (χ3v) is 6.48. The number of rotatable bonds is 7. The van der Waals surface area contributed by atoms with E-state index >= 15 is 0 Å². The Morgan fingerprint density at radius 2 is 2.05 bits per heavy atom. The van der Waals surface area contributed by atoms with Crippen LogP contribution in [0.3, 0.4) is 0 Å². The van der Waals surface area contributed by atoms with Gasteiger partial charge in [0.25, 0.3) is 0 Å². The first kappa shape index (κ1) is 15.7. The lowest BCUT2D eigenvalue weighted by Crippen LogP contribution is -2.40. The average Bonchev–Trinajstić information content (AvgIpc) is 2.36. The number of nitrogens with two attached hydrogens (primary N) is 1. The van der Waals surface area contributed by atoms with Gasteiger partial charge in [-0.15, -0.1) is 11.8 Å². The van der Waals surface area contributed by atoms with Gasteiger partial charge in [-0.1, -0.05) is 25.5 Å². The normalized spacial score (nSPS) is 17.6. The van der Waals surface area contributed by atoms with E-state index in [0.717, 1.165) is 17.7 Å². The fourth-order valence-corrected chi connectivity index (χ4v) is 4.74. The maximum absolute atomic E-state index is 11.9. The standard InChI is InChI=1S/C14H22N2O2S2/c1-14(7-4-8-14)11-16-20(17,18)10-9-19-13-6-3-2-5-12(13)15/h2-3,5-6,16H,4,7-11,15H2,1H3. The Morgan fingerprint density at radius 3 is 2.65 bits per heavy atom. The Balaban J connectivity index is 1.76. The number of hydrogen-bond donors (Lipinski definition) is 2. The van der Waals surface area contributed by atoms with Crippen LogP contribution >= 0.6 is 11.8 Å². The maximum Gasteiger partial charge on any atom is 0.212 e. The summed E-state index contributed by atoms with van der Waals surface area (Å²) in [7, 11) is -3.19. The Labute approximate surface area is 125 Å². The van der Waals surface area contributed by atoms with Crippen LogP contribution < -0.4 is 10.5 Å². The van der Waals surface area contributed by atoms with Gasteiger partial charge in [0.15, 0.2) is 0 Å². The van der Waals surface area contributed by atoms with Crippen LogP contribution in [-0.4, -0.2) is 26.5 Å². The molecule has 2 rings (SSSR count). The van der Waals surface area contributed by atoms with Crippen LogP contribution in [0.25, 0.3) is 0 Å². The van der Waals surface area contributed by atoms with E-state index in [1.807, 2.05) is 24.3 Å². The number of nitrogens with one attached hydrogen (secondary N) is 1. The second-order valence-corrected chi connectivity index (χ2v) is 8.75. The van der Waals surface area contributed by atoms with E-state index in [1.165, 1.54) is 18.2 Å². The zero-order chi connectivity index (χ0) is 14.6. The van der Waals surface area contributed by atoms with Crippen LogP contribution in [0, 0.1) is 5.41 Å². The third-order valence-electron chi connectivity index (χ3n) is 3.81. The van der Waals surface area contributed by atoms with Crippen molar-refractivity contribution in [1.82, 2.24) is 4.72 Å². The summed E-state index contributed by atoms with van der Waals surface area (Å²) < 4.78 is 26.6. The van der Waals surface area contributed by atoms with Crippen molar-refractivity contribution in [1.29, 1.82) is 0 Å². The van der Waals surface area contributed by atoms with E-state index in [9.17, 15) is 8.42 Å². The minimum absolute atomic E-state index is 0.127. The lowest BCUT2D eigenvalue weighted by molar-refractivity contribution is 0.166. The first-order valence-electron chi connectivity index (χ1n) is 6.85. The van der Waals surface area contributed by atoms with Crippen LogP contribution in [0.5, 0.6) is 0 Å². The highest BCUT2D eigenvalue weighted by Gasteiger charge is 2.32. The second-order valence-electron chi connectivity index (χ2n) is 5.69. The molecule has 6 heteroatoms. The van der Waals surface area contributed by atoms with E-state index in [4.69, 9.17) is 5.73 Å². The molecule has 112 valence electrons. The molecule has 0 aromatic heterocycles. The van der Waals surface area contributed by atoms with Crippen molar-refractivity contribution in [3.63, 3.8) is 0 Å². The van der Waals surface area contributed by atoms with Crippen LogP contribution in [0.1, 0.15) is 26.2 Å². The molecule has 1 aliphatic rings. The number of anilines is 1. The Bertz CT molecular complexity index is 554. The van der Waals surface area contributed by atoms with Gasteiger partial charge in [-0.05, 0) is 30.4 Å². The highest BCUT2D eigenvalue weighted by Crippen LogP contribution is 2.39.